The summed E-state index contributed by atoms with van der Waals surface area (Å²) < 4.78 is 18.2. The van der Waals surface area contributed by atoms with E-state index in [4.69, 9.17) is 9.84 Å². The zero-order chi connectivity index (χ0) is 15.7. The Morgan fingerprint density at radius 1 is 1.38 bits per heavy atom. The zero-order valence-electron chi connectivity index (χ0n) is 12.6. The molecule has 0 spiro atoms. The minimum absolute atomic E-state index is 0.0375. The van der Waals surface area contributed by atoms with Gasteiger partial charge in [0.1, 0.15) is 11.6 Å². The fourth-order valence-electron chi connectivity index (χ4n) is 1.89. The van der Waals surface area contributed by atoms with Crippen LogP contribution >= 0.6 is 0 Å². The Morgan fingerprint density at radius 2 is 2.10 bits per heavy atom. The number of urea groups is 1. The van der Waals surface area contributed by atoms with Gasteiger partial charge in [-0.05, 0) is 25.0 Å². The van der Waals surface area contributed by atoms with Gasteiger partial charge in [-0.2, -0.15) is 0 Å². The number of nitrogens with one attached hydrogen (secondary N) is 1. The summed E-state index contributed by atoms with van der Waals surface area (Å²) in [4.78, 5) is 13.9. The predicted octanol–water partition coefficient (Wildman–Crippen LogP) is 2.85. The monoisotopic (exact) mass is 298 g/mol. The van der Waals surface area contributed by atoms with Gasteiger partial charge in [0.2, 0.25) is 0 Å². The van der Waals surface area contributed by atoms with Crippen molar-refractivity contribution in [1.82, 2.24) is 4.90 Å². The highest BCUT2D eigenvalue weighted by molar-refractivity contribution is 5.91. The second kappa shape index (κ2) is 9.18. The van der Waals surface area contributed by atoms with Crippen LogP contribution < -0.4 is 10.1 Å². The SMILES string of the molecule is CCCCN(CCCO)C(=O)Nc1ccc(F)cc1OC. The predicted molar refractivity (Wildman–Crippen MR) is 80.2 cm³/mol. The number of aliphatic hydroxyl groups is 1. The van der Waals surface area contributed by atoms with Crippen LogP contribution in [-0.2, 0) is 0 Å². The normalized spacial score (nSPS) is 10.3. The number of aliphatic hydroxyl groups excluding tert-OH is 1. The van der Waals surface area contributed by atoms with Crippen molar-refractivity contribution in [3.05, 3.63) is 24.0 Å². The number of amides is 2. The van der Waals surface area contributed by atoms with Crippen LogP contribution in [0.15, 0.2) is 18.2 Å². The molecule has 0 saturated carbocycles. The Balaban J connectivity index is 2.75. The maximum Gasteiger partial charge on any atom is 0.321 e. The first-order valence-corrected chi connectivity index (χ1v) is 7.12. The van der Waals surface area contributed by atoms with Crippen molar-refractivity contribution < 1.29 is 19.0 Å². The number of carbonyl (C=O) groups excluding carboxylic acids is 1. The molecular formula is C15H23FN2O3. The Hall–Kier alpha value is -1.82. The molecule has 2 amide bonds. The highest BCUT2D eigenvalue weighted by Crippen LogP contribution is 2.25. The van der Waals surface area contributed by atoms with Gasteiger partial charge in [0.15, 0.2) is 0 Å². The fourth-order valence-corrected chi connectivity index (χ4v) is 1.89. The van der Waals surface area contributed by atoms with Crippen molar-refractivity contribution in [1.29, 1.82) is 0 Å². The van der Waals surface area contributed by atoms with Crippen molar-refractivity contribution in [2.24, 2.45) is 0 Å². The Morgan fingerprint density at radius 3 is 2.71 bits per heavy atom. The first kappa shape index (κ1) is 17.2. The number of anilines is 1. The third kappa shape index (κ3) is 5.59. The number of unbranched alkanes of at least 4 members (excludes halogenated alkanes) is 1. The number of methoxy groups -OCH3 is 1. The first-order chi connectivity index (χ1) is 10.1. The van der Waals surface area contributed by atoms with Crippen LogP contribution in [0.1, 0.15) is 26.2 Å². The van der Waals surface area contributed by atoms with E-state index in [1.54, 1.807) is 4.90 Å². The van der Waals surface area contributed by atoms with Crippen molar-refractivity contribution in [2.75, 3.05) is 32.1 Å². The number of rotatable bonds is 8. The summed E-state index contributed by atoms with van der Waals surface area (Å²) in [6, 6.07) is 3.68. The number of nitrogens with zero attached hydrogens (tertiary/aromatic N) is 1. The summed E-state index contributed by atoms with van der Waals surface area (Å²) in [5.74, 6) is -0.145. The lowest BCUT2D eigenvalue weighted by atomic mass is 10.2. The van der Waals surface area contributed by atoms with E-state index in [0.29, 0.717) is 25.2 Å². The van der Waals surface area contributed by atoms with Gasteiger partial charge in [-0.25, -0.2) is 9.18 Å². The van der Waals surface area contributed by atoms with E-state index < -0.39 is 5.82 Å². The number of hydrogen-bond acceptors (Lipinski definition) is 3. The van der Waals surface area contributed by atoms with Crippen LogP contribution in [0.5, 0.6) is 5.75 Å². The molecule has 0 aliphatic heterocycles. The molecule has 0 saturated heterocycles. The minimum Gasteiger partial charge on any atom is -0.494 e. The van der Waals surface area contributed by atoms with Gasteiger partial charge in [-0.15, -0.1) is 0 Å². The third-order valence-corrected chi connectivity index (χ3v) is 3.06. The second-order valence-corrected chi connectivity index (χ2v) is 4.69. The molecule has 1 aromatic rings. The number of hydrogen-bond donors (Lipinski definition) is 2. The van der Waals surface area contributed by atoms with E-state index in [-0.39, 0.29) is 18.4 Å². The van der Waals surface area contributed by atoms with Gasteiger partial charge >= 0.3 is 6.03 Å². The minimum atomic E-state index is -0.423. The number of halogens is 1. The molecule has 0 bridgehead atoms. The zero-order valence-corrected chi connectivity index (χ0v) is 12.6. The lowest BCUT2D eigenvalue weighted by Gasteiger charge is -2.23. The van der Waals surface area contributed by atoms with Crippen LogP contribution in [0.2, 0.25) is 0 Å². The molecule has 0 aliphatic carbocycles. The van der Waals surface area contributed by atoms with E-state index in [0.717, 1.165) is 12.8 Å². The highest BCUT2D eigenvalue weighted by Gasteiger charge is 2.15. The van der Waals surface area contributed by atoms with Crippen LogP contribution in [0.4, 0.5) is 14.9 Å². The topological polar surface area (TPSA) is 61.8 Å². The van der Waals surface area contributed by atoms with Gasteiger partial charge < -0.3 is 20.1 Å². The van der Waals surface area contributed by atoms with Crippen molar-refractivity contribution in [3.8, 4) is 5.75 Å². The second-order valence-electron chi connectivity index (χ2n) is 4.69. The third-order valence-electron chi connectivity index (χ3n) is 3.06. The number of benzene rings is 1. The lowest BCUT2D eigenvalue weighted by Crippen LogP contribution is -2.37. The molecule has 1 rings (SSSR count). The summed E-state index contributed by atoms with van der Waals surface area (Å²) in [5, 5.41) is 11.6. The molecule has 2 N–H and O–H groups in total. The number of carbonyl (C=O) groups is 1. The quantitative estimate of drug-likeness (QED) is 0.776. The average Bonchev–Trinajstić information content (AvgIpc) is 2.49. The molecule has 0 aromatic heterocycles. The summed E-state index contributed by atoms with van der Waals surface area (Å²) in [6.45, 7) is 3.18. The summed E-state index contributed by atoms with van der Waals surface area (Å²) in [5.41, 5.74) is 0.425. The summed E-state index contributed by atoms with van der Waals surface area (Å²) >= 11 is 0. The maximum absolute atomic E-state index is 13.1. The Labute approximate surface area is 124 Å². The molecule has 0 unspecified atom stereocenters. The smallest absolute Gasteiger partial charge is 0.321 e. The molecule has 0 aliphatic rings. The highest BCUT2D eigenvalue weighted by atomic mass is 19.1. The molecule has 0 heterocycles. The summed E-state index contributed by atoms with van der Waals surface area (Å²) in [6.07, 6.45) is 2.39. The van der Waals surface area contributed by atoms with Gasteiger partial charge in [-0.1, -0.05) is 13.3 Å². The van der Waals surface area contributed by atoms with Crippen LogP contribution in [0.3, 0.4) is 0 Å². The van der Waals surface area contributed by atoms with Crippen molar-refractivity contribution in [3.63, 3.8) is 0 Å². The summed E-state index contributed by atoms with van der Waals surface area (Å²) in [7, 11) is 1.42. The standard InChI is InChI=1S/C15H23FN2O3/c1-3-4-8-18(9-5-10-19)15(20)17-13-7-6-12(16)11-14(13)21-2/h6-7,11,19H,3-5,8-10H2,1-2H3,(H,17,20). The van der Waals surface area contributed by atoms with E-state index in [9.17, 15) is 9.18 Å². The van der Waals surface area contributed by atoms with E-state index in [1.165, 1.54) is 25.3 Å². The van der Waals surface area contributed by atoms with E-state index >= 15 is 0 Å². The number of ether oxygens (including phenoxy) is 1. The van der Waals surface area contributed by atoms with Gasteiger partial charge in [0, 0.05) is 25.8 Å². The fraction of sp³-hybridized carbons (Fsp3) is 0.533. The van der Waals surface area contributed by atoms with Gasteiger partial charge in [0.25, 0.3) is 0 Å². The van der Waals surface area contributed by atoms with Crippen molar-refractivity contribution in [2.45, 2.75) is 26.2 Å². The molecular weight excluding hydrogens is 275 g/mol. The van der Waals surface area contributed by atoms with Crippen LogP contribution in [0, 0.1) is 5.82 Å². The molecule has 21 heavy (non-hydrogen) atoms. The largest absolute Gasteiger partial charge is 0.494 e. The maximum atomic E-state index is 13.1. The average molecular weight is 298 g/mol. The molecule has 5 nitrogen and oxygen atoms in total. The van der Waals surface area contributed by atoms with Crippen LogP contribution in [-0.4, -0.2) is 42.8 Å². The first-order valence-electron chi connectivity index (χ1n) is 7.12. The van der Waals surface area contributed by atoms with Gasteiger partial charge in [0.05, 0.1) is 12.8 Å². The Kier molecular flexibility index (Phi) is 7.53. The molecule has 0 fully saturated rings. The molecule has 0 radical (unpaired) electrons. The van der Waals surface area contributed by atoms with Gasteiger partial charge in [-0.3, -0.25) is 0 Å². The van der Waals surface area contributed by atoms with Crippen molar-refractivity contribution >= 4 is 11.7 Å². The molecule has 0 atom stereocenters. The molecule has 1 aromatic carbocycles. The lowest BCUT2D eigenvalue weighted by molar-refractivity contribution is 0.201. The molecule has 118 valence electrons. The Bertz CT molecular complexity index is 447. The molecule has 6 heteroatoms. The van der Waals surface area contributed by atoms with E-state index in [1.807, 2.05) is 6.92 Å². The van der Waals surface area contributed by atoms with Crippen LogP contribution in [0.25, 0.3) is 0 Å². The van der Waals surface area contributed by atoms with E-state index in [2.05, 4.69) is 5.32 Å².